The average molecular weight is 403 g/mol. The molecule has 0 spiro atoms. The maximum absolute atomic E-state index is 5.40. The smallest absolute Gasteiger partial charge is 0.191 e. The topological polar surface area (TPSA) is 55.4 Å². The van der Waals surface area contributed by atoms with Crippen LogP contribution in [0, 0.1) is 0 Å². The largest absolute Gasteiger partial charge is 0.497 e. The third-order valence-corrected chi connectivity index (χ3v) is 5.97. The van der Waals surface area contributed by atoms with Crippen LogP contribution in [0.4, 0.5) is 5.69 Å². The molecule has 0 radical (unpaired) electrons. The lowest BCUT2D eigenvalue weighted by Gasteiger charge is -2.37. The molecule has 2 N–H and O–H groups in total. The molecule has 0 aliphatic carbocycles. The summed E-state index contributed by atoms with van der Waals surface area (Å²) in [7, 11) is 6.13. The summed E-state index contributed by atoms with van der Waals surface area (Å²) >= 11 is 0. The van der Waals surface area contributed by atoms with Crippen LogP contribution in [-0.2, 0) is 0 Å². The molecular weight excluding hydrogens is 364 g/mol. The number of hydrogen-bond donors (Lipinski definition) is 2. The van der Waals surface area contributed by atoms with E-state index in [4.69, 9.17) is 9.73 Å². The second-order valence-corrected chi connectivity index (χ2v) is 8.25. The fraction of sp³-hybridized carbons (Fsp3) is 0.682. The second-order valence-electron chi connectivity index (χ2n) is 8.25. The van der Waals surface area contributed by atoms with Gasteiger partial charge in [-0.3, -0.25) is 9.89 Å². The molecule has 0 saturated carbocycles. The molecule has 2 aliphatic rings. The number of anilines is 1. The normalized spacial score (nSPS) is 24.4. The molecule has 2 fully saturated rings. The van der Waals surface area contributed by atoms with E-state index < -0.39 is 0 Å². The van der Waals surface area contributed by atoms with Crippen molar-refractivity contribution in [3.63, 3.8) is 0 Å². The Kier molecular flexibility index (Phi) is 8.00. The number of hydrogen-bond acceptors (Lipinski definition) is 5. The van der Waals surface area contributed by atoms with Crippen LogP contribution < -0.4 is 20.3 Å². The van der Waals surface area contributed by atoms with Crippen LogP contribution in [0.15, 0.2) is 29.3 Å². The van der Waals surface area contributed by atoms with Crippen LogP contribution in [0.25, 0.3) is 0 Å². The molecule has 2 saturated heterocycles. The minimum Gasteiger partial charge on any atom is -0.497 e. The van der Waals surface area contributed by atoms with Gasteiger partial charge in [-0.1, -0.05) is 6.07 Å². The van der Waals surface area contributed by atoms with Gasteiger partial charge in [-0.05, 0) is 46.0 Å². The molecule has 7 nitrogen and oxygen atoms in total. The van der Waals surface area contributed by atoms with Gasteiger partial charge < -0.3 is 25.2 Å². The van der Waals surface area contributed by atoms with E-state index in [-0.39, 0.29) is 0 Å². The molecule has 2 unspecified atom stereocenters. The molecule has 162 valence electrons. The van der Waals surface area contributed by atoms with Crippen LogP contribution in [0.2, 0.25) is 0 Å². The zero-order valence-corrected chi connectivity index (χ0v) is 18.5. The fourth-order valence-corrected chi connectivity index (χ4v) is 4.15. The summed E-state index contributed by atoms with van der Waals surface area (Å²) < 4.78 is 5.40. The van der Waals surface area contributed by atoms with Crippen molar-refractivity contribution in [1.82, 2.24) is 20.4 Å². The van der Waals surface area contributed by atoms with E-state index in [1.807, 2.05) is 6.07 Å². The zero-order chi connectivity index (χ0) is 20.6. The Morgan fingerprint density at radius 2 is 2.07 bits per heavy atom. The highest BCUT2D eigenvalue weighted by molar-refractivity contribution is 5.80. The van der Waals surface area contributed by atoms with E-state index in [9.17, 15) is 0 Å². The van der Waals surface area contributed by atoms with Gasteiger partial charge in [0.25, 0.3) is 0 Å². The van der Waals surface area contributed by atoms with E-state index in [2.05, 4.69) is 64.6 Å². The summed E-state index contributed by atoms with van der Waals surface area (Å²) in [5.74, 6) is 1.85. The molecule has 2 atom stereocenters. The number of guanidine groups is 1. The Morgan fingerprint density at radius 1 is 1.21 bits per heavy atom. The predicted molar refractivity (Wildman–Crippen MR) is 121 cm³/mol. The number of methoxy groups -OCH3 is 1. The zero-order valence-electron chi connectivity index (χ0n) is 18.5. The van der Waals surface area contributed by atoms with Crippen molar-refractivity contribution in [1.29, 1.82) is 0 Å². The van der Waals surface area contributed by atoms with Gasteiger partial charge in [-0.25, -0.2) is 0 Å². The third-order valence-electron chi connectivity index (χ3n) is 5.97. The Labute approximate surface area is 176 Å². The van der Waals surface area contributed by atoms with Gasteiger partial charge in [0.2, 0.25) is 0 Å². The summed E-state index contributed by atoms with van der Waals surface area (Å²) in [6.07, 6.45) is 2.33. The average Bonchev–Trinajstić information content (AvgIpc) is 2.74. The minimum atomic E-state index is 0.388. The van der Waals surface area contributed by atoms with E-state index in [1.54, 1.807) is 7.11 Å². The Bertz CT molecular complexity index is 666. The van der Waals surface area contributed by atoms with Gasteiger partial charge in [0.05, 0.1) is 13.7 Å². The summed E-state index contributed by atoms with van der Waals surface area (Å²) in [5, 5.41) is 7.12. The molecular formula is C22H38N6O. The Balaban J connectivity index is 1.60. The minimum absolute atomic E-state index is 0.388. The van der Waals surface area contributed by atoms with E-state index in [0.29, 0.717) is 12.1 Å². The first-order valence-corrected chi connectivity index (χ1v) is 10.9. The number of likely N-dealkylation sites (N-methyl/N-ethyl adjacent to an activating group) is 2. The first-order valence-electron chi connectivity index (χ1n) is 10.9. The molecule has 1 aromatic carbocycles. The number of nitrogens with zero attached hydrogens (tertiary/aromatic N) is 4. The summed E-state index contributed by atoms with van der Waals surface area (Å²) in [6, 6.07) is 9.22. The van der Waals surface area contributed by atoms with Gasteiger partial charge >= 0.3 is 0 Å². The standard InChI is InChI=1S/C22H38N6O/c1-5-23-22(24-15-20-17-26(2)12-13-27(20)3)25-18-8-7-11-28(16-18)19-9-6-10-21(14-19)29-4/h6,9-10,14,18,20H,5,7-8,11-13,15-17H2,1-4H3,(H2,23,24,25). The first kappa shape index (κ1) is 21.7. The van der Waals surface area contributed by atoms with Crippen molar-refractivity contribution in [3.05, 3.63) is 24.3 Å². The highest BCUT2D eigenvalue weighted by Crippen LogP contribution is 2.24. The molecule has 1 aromatic rings. The van der Waals surface area contributed by atoms with Gasteiger partial charge in [0.1, 0.15) is 5.75 Å². The number of piperidine rings is 1. The van der Waals surface area contributed by atoms with Gasteiger partial charge in [0, 0.05) is 63.1 Å². The van der Waals surface area contributed by atoms with E-state index >= 15 is 0 Å². The van der Waals surface area contributed by atoms with Crippen LogP contribution in [0.5, 0.6) is 5.75 Å². The lowest BCUT2D eigenvalue weighted by atomic mass is 10.0. The molecule has 0 amide bonds. The van der Waals surface area contributed by atoms with Crippen molar-refractivity contribution in [3.8, 4) is 5.75 Å². The molecule has 2 heterocycles. The van der Waals surface area contributed by atoms with Gasteiger partial charge in [0.15, 0.2) is 5.96 Å². The quantitative estimate of drug-likeness (QED) is 0.555. The maximum Gasteiger partial charge on any atom is 0.191 e. The van der Waals surface area contributed by atoms with Crippen LogP contribution in [0.3, 0.4) is 0 Å². The lowest BCUT2D eigenvalue weighted by molar-refractivity contribution is 0.119. The predicted octanol–water partition coefficient (Wildman–Crippen LogP) is 1.46. The van der Waals surface area contributed by atoms with Crippen LogP contribution in [-0.4, -0.2) is 94.9 Å². The number of benzene rings is 1. The number of aliphatic imine (C=N–C) groups is 1. The summed E-state index contributed by atoms with van der Waals surface area (Å²) in [4.78, 5) is 12.2. The number of ether oxygens (including phenoxy) is 1. The first-order chi connectivity index (χ1) is 14.1. The molecule has 2 aliphatic heterocycles. The number of piperazine rings is 1. The molecule has 3 rings (SSSR count). The maximum atomic E-state index is 5.40. The van der Waals surface area contributed by atoms with Crippen molar-refractivity contribution in [2.45, 2.75) is 31.8 Å². The van der Waals surface area contributed by atoms with Gasteiger partial charge in [-0.2, -0.15) is 0 Å². The SMILES string of the molecule is CCNC(=NCC1CN(C)CCN1C)NC1CCCN(c2cccc(OC)c2)C1. The molecule has 29 heavy (non-hydrogen) atoms. The Morgan fingerprint density at radius 3 is 2.86 bits per heavy atom. The second kappa shape index (κ2) is 10.7. The third kappa shape index (κ3) is 6.24. The van der Waals surface area contributed by atoms with Crippen molar-refractivity contribution >= 4 is 11.6 Å². The van der Waals surface area contributed by atoms with Gasteiger partial charge in [-0.15, -0.1) is 0 Å². The van der Waals surface area contributed by atoms with E-state index in [0.717, 1.165) is 63.9 Å². The summed E-state index contributed by atoms with van der Waals surface area (Å²) in [6.45, 7) is 9.20. The van der Waals surface area contributed by atoms with Crippen LogP contribution in [0.1, 0.15) is 19.8 Å². The molecule has 7 heteroatoms. The highest BCUT2D eigenvalue weighted by Gasteiger charge is 2.23. The van der Waals surface area contributed by atoms with Crippen molar-refractivity contribution < 1.29 is 4.74 Å². The molecule has 0 bridgehead atoms. The van der Waals surface area contributed by atoms with E-state index in [1.165, 1.54) is 12.1 Å². The van der Waals surface area contributed by atoms with Crippen molar-refractivity contribution in [2.24, 2.45) is 4.99 Å². The van der Waals surface area contributed by atoms with Crippen LogP contribution >= 0.6 is 0 Å². The fourth-order valence-electron chi connectivity index (χ4n) is 4.15. The molecule has 0 aromatic heterocycles. The summed E-state index contributed by atoms with van der Waals surface area (Å²) in [5.41, 5.74) is 1.23. The lowest BCUT2D eigenvalue weighted by Crippen LogP contribution is -2.53. The van der Waals surface area contributed by atoms with Crippen molar-refractivity contribution in [2.75, 3.05) is 71.9 Å². The number of nitrogens with one attached hydrogen (secondary N) is 2. The highest BCUT2D eigenvalue weighted by atomic mass is 16.5. The number of rotatable bonds is 6. The Hall–Kier alpha value is -1.99. The monoisotopic (exact) mass is 402 g/mol.